The van der Waals surface area contributed by atoms with Crippen LogP contribution in [0.15, 0.2) is 146 Å². The predicted molar refractivity (Wildman–Crippen MR) is 179 cm³/mol. The van der Waals surface area contributed by atoms with Crippen LogP contribution in [0.5, 0.6) is 11.5 Å². The van der Waals surface area contributed by atoms with Gasteiger partial charge in [0.05, 0.1) is 0 Å². The molecule has 0 aliphatic rings. The molecule has 0 radical (unpaired) electrons. The van der Waals surface area contributed by atoms with E-state index >= 15 is 0 Å². The number of phosphoric acid groups is 2. The Morgan fingerprint density at radius 3 is 0.870 bits per heavy atom. The zero-order valence-electron chi connectivity index (χ0n) is 24.2. The highest BCUT2D eigenvalue weighted by Gasteiger charge is 2.28. The number of benzene rings is 6. The summed E-state index contributed by atoms with van der Waals surface area (Å²) in [5.41, 5.74) is 6.40. The predicted octanol–water partition coefficient (Wildman–Crippen LogP) is 8.96. The molecule has 0 aliphatic heterocycles. The fourth-order valence-corrected chi connectivity index (χ4v) is 6.43. The SMILES string of the molecule is O=P(O)(O)Oc1ccc(-c2ccc(OP(=O)(O)O)c(-c3ccccc3)c2-c2ccccc2)c(-c2ccccc2)c1-c1ccccc1. The number of phosphoric ester groups is 2. The third-order valence-electron chi connectivity index (χ3n) is 7.31. The quantitative estimate of drug-likeness (QED) is 0.114. The van der Waals surface area contributed by atoms with Crippen LogP contribution in [-0.4, -0.2) is 19.6 Å². The molecule has 46 heavy (non-hydrogen) atoms. The first-order valence-electron chi connectivity index (χ1n) is 14.2. The Hall–Kier alpha value is -4.78. The van der Waals surface area contributed by atoms with Gasteiger partial charge in [-0.3, -0.25) is 19.6 Å². The number of hydrogen-bond donors (Lipinski definition) is 4. The summed E-state index contributed by atoms with van der Waals surface area (Å²) in [4.78, 5) is 39.5. The van der Waals surface area contributed by atoms with Crippen molar-refractivity contribution in [3.8, 4) is 67.1 Å². The summed E-state index contributed by atoms with van der Waals surface area (Å²) in [6.45, 7) is 0. The van der Waals surface area contributed by atoms with E-state index in [0.717, 1.165) is 11.1 Å². The van der Waals surface area contributed by atoms with Gasteiger partial charge in [0.15, 0.2) is 0 Å². The topological polar surface area (TPSA) is 134 Å². The zero-order chi connectivity index (χ0) is 32.3. The van der Waals surface area contributed by atoms with Crippen LogP contribution in [0.25, 0.3) is 55.6 Å². The van der Waals surface area contributed by atoms with Gasteiger partial charge >= 0.3 is 15.6 Å². The maximum Gasteiger partial charge on any atom is 0.524 e. The lowest BCUT2D eigenvalue weighted by Gasteiger charge is -2.24. The molecule has 10 heteroatoms. The molecule has 0 unspecified atom stereocenters. The zero-order valence-corrected chi connectivity index (χ0v) is 26.0. The van der Waals surface area contributed by atoms with Gasteiger partial charge in [-0.25, -0.2) is 9.13 Å². The number of hydrogen-bond acceptors (Lipinski definition) is 4. The summed E-state index contributed by atoms with van der Waals surface area (Å²) in [6, 6.07) is 43.7. The molecule has 4 N–H and O–H groups in total. The van der Waals surface area contributed by atoms with Crippen molar-refractivity contribution in [3.05, 3.63) is 146 Å². The van der Waals surface area contributed by atoms with Gasteiger partial charge in [-0.2, -0.15) is 0 Å². The van der Waals surface area contributed by atoms with Gasteiger partial charge in [-0.1, -0.05) is 121 Å². The highest BCUT2D eigenvalue weighted by atomic mass is 31.2. The maximum atomic E-state index is 12.2. The van der Waals surface area contributed by atoms with Crippen molar-refractivity contribution in [1.82, 2.24) is 0 Å². The van der Waals surface area contributed by atoms with Crippen LogP contribution >= 0.6 is 15.6 Å². The van der Waals surface area contributed by atoms with E-state index in [9.17, 15) is 28.7 Å². The molecule has 0 fully saturated rings. The van der Waals surface area contributed by atoms with Gasteiger partial charge in [0.1, 0.15) is 11.5 Å². The molecule has 0 amide bonds. The van der Waals surface area contributed by atoms with Gasteiger partial charge in [-0.05, 0) is 57.6 Å². The lowest BCUT2D eigenvalue weighted by atomic mass is 9.82. The number of rotatable bonds is 9. The minimum Gasteiger partial charge on any atom is -0.404 e. The summed E-state index contributed by atoms with van der Waals surface area (Å²) >= 11 is 0. The summed E-state index contributed by atoms with van der Waals surface area (Å²) < 4.78 is 34.9. The molecule has 230 valence electrons. The summed E-state index contributed by atoms with van der Waals surface area (Å²) in [6.07, 6.45) is 0. The van der Waals surface area contributed by atoms with E-state index in [1.54, 1.807) is 12.1 Å². The molecule has 0 heterocycles. The highest BCUT2D eigenvalue weighted by Crippen LogP contribution is 2.54. The average molecular weight is 651 g/mol. The van der Waals surface area contributed by atoms with Crippen molar-refractivity contribution in [2.75, 3.05) is 0 Å². The first kappa shape index (κ1) is 31.2. The lowest BCUT2D eigenvalue weighted by molar-refractivity contribution is 0.281. The standard InChI is InChI=1S/C36H28O8P2/c37-45(38,39)43-31-23-21-29(33(25-13-5-1-6-14-25)35(31)27-17-9-3-10-18-27)30-22-24-32(44-46(40,41)42)36(28-19-11-4-12-20-28)34(30)26-15-7-2-8-16-26/h1-24H,(H2,37,38,39)(H2,40,41,42). The second-order valence-electron chi connectivity index (χ2n) is 10.4. The molecule has 0 bridgehead atoms. The van der Waals surface area contributed by atoms with E-state index in [2.05, 4.69) is 0 Å². The van der Waals surface area contributed by atoms with Crippen molar-refractivity contribution in [2.45, 2.75) is 0 Å². The third kappa shape index (κ3) is 6.89. The van der Waals surface area contributed by atoms with E-state index in [1.807, 2.05) is 121 Å². The fraction of sp³-hybridized carbons (Fsp3) is 0. The molecule has 0 aromatic heterocycles. The van der Waals surface area contributed by atoms with Gasteiger partial charge in [0, 0.05) is 22.3 Å². The second-order valence-corrected chi connectivity index (χ2v) is 12.7. The van der Waals surface area contributed by atoms with Crippen molar-refractivity contribution in [2.24, 2.45) is 0 Å². The molecular weight excluding hydrogens is 622 g/mol. The summed E-state index contributed by atoms with van der Waals surface area (Å²) in [5, 5.41) is 0. The van der Waals surface area contributed by atoms with Crippen molar-refractivity contribution in [1.29, 1.82) is 0 Å². The largest absolute Gasteiger partial charge is 0.524 e. The summed E-state index contributed by atoms with van der Waals surface area (Å²) in [5.74, 6) is -0.0127. The van der Waals surface area contributed by atoms with Crippen LogP contribution in [0.3, 0.4) is 0 Å². The Bertz CT molecular complexity index is 1920. The van der Waals surface area contributed by atoms with E-state index in [0.29, 0.717) is 44.5 Å². The van der Waals surface area contributed by atoms with E-state index in [-0.39, 0.29) is 11.5 Å². The second kappa shape index (κ2) is 12.9. The van der Waals surface area contributed by atoms with Crippen molar-refractivity contribution in [3.63, 3.8) is 0 Å². The first-order valence-corrected chi connectivity index (χ1v) is 17.2. The third-order valence-corrected chi connectivity index (χ3v) is 8.18. The Morgan fingerprint density at radius 1 is 0.348 bits per heavy atom. The average Bonchev–Trinajstić information content (AvgIpc) is 3.04. The Morgan fingerprint density at radius 2 is 0.609 bits per heavy atom. The van der Waals surface area contributed by atoms with Crippen LogP contribution in [-0.2, 0) is 9.13 Å². The molecule has 0 atom stereocenters. The molecule has 0 saturated heterocycles. The summed E-state index contributed by atoms with van der Waals surface area (Å²) in [7, 11) is -9.91. The van der Waals surface area contributed by atoms with E-state index in [1.165, 1.54) is 12.1 Å². The lowest BCUT2D eigenvalue weighted by Crippen LogP contribution is -2.00. The van der Waals surface area contributed by atoms with Crippen LogP contribution in [0.2, 0.25) is 0 Å². The van der Waals surface area contributed by atoms with Gasteiger partial charge < -0.3 is 9.05 Å². The van der Waals surface area contributed by atoms with Crippen LogP contribution in [0.1, 0.15) is 0 Å². The Labute approximate surface area is 265 Å². The molecule has 6 rings (SSSR count). The maximum absolute atomic E-state index is 12.2. The minimum absolute atomic E-state index is 0.00636. The minimum atomic E-state index is -4.96. The van der Waals surface area contributed by atoms with Crippen LogP contribution < -0.4 is 9.05 Å². The molecule has 0 spiro atoms. The van der Waals surface area contributed by atoms with E-state index in [4.69, 9.17) is 9.05 Å². The van der Waals surface area contributed by atoms with Crippen molar-refractivity contribution >= 4 is 15.6 Å². The van der Waals surface area contributed by atoms with Gasteiger partial charge in [0.2, 0.25) is 0 Å². The Kier molecular flexibility index (Phi) is 8.76. The molecular formula is C36H28O8P2. The molecule has 6 aromatic carbocycles. The van der Waals surface area contributed by atoms with Crippen molar-refractivity contribution < 1.29 is 37.8 Å². The van der Waals surface area contributed by atoms with Gasteiger partial charge in [-0.15, -0.1) is 0 Å². The van der Waals surface area contributed by atoms with Crippen LogP contribution in [0, 0.1) is 0 Å². The van der Waals surface area contributed by atoms with Gasteiger partial charge in [0.25, 0.3) is 0 Å². The normalized spacial score (nSPS) is 11.7. The molecule has 0 aliphatic carbocycles. The van der Waals surface area contributed by atoms with E-state index < -0.39 is 15.6 Å². The smallest absolute Gasteiger partial charge is 0.404 e. The molecule has 8 nitrogen and oxygen atoms in total. The van der Waals surface area contributed by atoms with Crippen LogP contribution in [0.4, 0.5) is 0 Å². The first-order chi connectivity index (χ1) is 22.1. The fourth-order valence-electron chi connectivity index (χ4n) is 5.62. The highest BCUT2D eigenvalue weighted by molar-refractivity contribution is 7.47. The monoisotopic (exact) mass is 650 g/mol. The molecule has 6 aromatic rings. The Balaban J connectivity index is 1.78. The molecule has 0 saturated carbocycles.